The Kier molecular flexibility index (Phi) is 12.4. The number of hydrogen-bond acceptors (Lipinski definition) is 4. The van der Waals surface area contributed by atoms with Crippen molar-refractivity contribution >= 4 is 21.6 Å². The molecule has 98 valence electrons. The van der Waals surface area contributed by atoms with Gasteiger partial charge in [0.2, 0.25) is 0 Å². The summed E-state index contributed by atoms with van der Waals surface area (Å²) in [6.45, 7) is 5.51. The van der Waals surface area contributed by atoms with E-state index < -0.39 is 0 Å². The van der Waals surface area contributed by atoms with E-state index in [1.807, 2.05) is 35.4 Å². The minimum atomic E-state index is 0.141. The van der Waals surface area contributed by atoms with Crippen molar-refractivity contribution in [3.8, 4) is 0 Å². The van der Waals surface area contributed by atoms with Gasteiger partial charge in [-0.25, -0.2) is 0 Å². The Hall–Kier alpha value is 0.540. The molecule has 0 aromatic rings. The standard InChI is InChI=1S/C10H24N2O2S2/c1-3-13-9(11)5-7-15-16-8-6-10(12)14-4-2/h9-10H,3-8,11-12H2,1-2H3/p+2. The van der Waals surface area contributed by atoms with Gasteiger partial charge in [0, 0.05) is 24.3 Å². The highest BCUT2D eigenvalue weighted by molar-refractivity contribution is 8.76. The molecule has 0 fully saturated rings. The van der Waals surface area contributed by atoms with Gasteiger partial charge in [-0.05, 0) is 13.8 Å². The molecule has 0 aliphatic heterocycles. The summed E-state index contributed by atoms with van der Waals surface area (Å²) in [5.41, 5.74) is 7.85. The fraction of sp³-hybridized carbons (Fsp3) is 1.00. The molecule has 0 heterocycles. The Morgan fingerprint density at radius 1 is 0.875 bits per heavy atom. The molecule has 0 aliphatic rings. The van der Waals surface area contributed by atoms with Crippen LogP contribution in [0.15, 0.2) is 0 Å². The van der Waals surface area contributed by atoms with Crippen LogP contribution < -0.4 is 11.5 Å². The zero-order valence-electron chi connectivity index (χ0n) is 10.4. The Morgan fingerprint density at radius 3 is 1.56 bits per heavy atom. The van der Waals surface area contributed by atoms with Crippen LogP contribution in [0.4, 0.5) is 0 Å². The third-order valence-electron chi connectivity index (χ3n) is 1.93. The third-order valence-corrected chi connectivity index (χ3v) is 4.41. The number of rotatable bonds is 11. The second kappa shape index (κ2) is 12.0. The molecule has 0 aliphatic carbocycles. The van der Waals surface area contributed by atoms with E-state index in [-0.39, 0.29) is 12.5 Å². The molecule has 0 spiro atoms. The quantitative estimate of drug-likeness (QED) is 0.323. The predicted molar refractivity (Wildman–Crippen MR) is 70.8 cm³/mol. The van der Waals surface area contributed by atoms with E-state index in [2.05, 4.69) is 11.5 Å². The van der Waals surface area contributed by atoms with E-state index in [4.69, 9.17) is 9.47 Å². The van der Waals surface area contributed by atoms with Crippen LogP contribution in [0.5, 0.6) is 0 Å². The summed E-state index contributed by atoms with van der Waals surface area (Å²) in [6, 6.07) is 0. The lowest BCUT2D eigenvalue weighted by Gasteiger charge is -2.08. The summed E-state index contributed by atoms with van der Waals surface area (Å²) in [7, 11) is 3.76. The van der Waals surface area contributed by atoms with Crippen molar-refractivity contribution in [3.05, 3.63) is 0 Å². The highest BCUT2D eigenvalue weighted by Gasteiger charge is 2.06. The number of hydrogen-bond donors (Lipinski definition) is 2. The van der Waals surface area contributed by atoms with E-state index in [9.17, 15) is 0 Å². The molecule has 6 heteroatoms. The molecular formula is C10H26N2O2S2+2. The smallest absolute Gasteiger partial charge is 0.189 e. The first-order chi connectivity index (χ1) is 7.70. The van der Waals surface area contributed by atoms with Gasteiger partial charge < -0.3 is 20.9 Å². The van der Waals surface area contributed by atoms with Gasteiger partial charge in [-0.15, -0.1) is 0 Å². The van der Waals surface area contributed by atoms with Crippen molar-refractivity contribution < 1.29 is 20.9 Å². The van der Waals surface area contributed by atoms with E-state index in [0.717, 1.165) is 37.6 Å². The normalized spacial score (nSPS) is 15.0. The van der Waals surface area contributed by atoms with Crippen LogP contribution in [-0.4, -0.2) is 37.2 Å². The van der Waals surface area contributed by atoms with Gasteiger partial charge in [-0.2, -0.15) is 0 Å². The first kappa shape index (κ1) is 16.5. The zero-order chi connectivity index (χ0) is 12.2. The van der Waals surface area contributed by atoms with Crippen molar-refractivity contribution in [3.63, 3.8) is 0 Å². The van der Waals surface area contributed by atoms with Crippen molar-refractivity contribution in [1.29, 1.82) is 0 Å². The molecule has 0 aromatic heterocycles. The van der Waals surface area contributed by atoms with Gasteiger partial charge in [-0.1, -0.05) is 21.6 Å². The van der Waals surface area contributed by atoms with Gasteiger partial charge in [0.1, 0.15) is 0 Å². The lowest BCUT2D eigenvalue weighted by Crippen LogP contribution is -2.62. The lowest BCUT2D eigenvalue weighted by molar-refractivity contribution is -0.491. The molecule has 0 saturated carbocycles. The molecule has 16 heavy (non-hydrogen) atoms. The van der Waals surface area contributed by atoms with Gasteiger partial charge >= 0.3 is 0 Å². The lowest BCUT2D eigenvalue weighted by atomic mass is 10.4. The molecule has 6 N–H and O–H groups in total. The van der Waals surface area contributed by atoms with E-state index >= 15 is 0 Å². The summed E-state index contributed by atoms with van der Waals surface area (Å²) in [6.07, 6.45) is 2.32. The molecule has 0 amide bonds. The Labute approximate surface area is 107 Å². The van der Waals surface area contributed by atoms with Gasteiger partial charge in [-0.3, -0.25) is 0 Å². The van der Waals surface area contributed by atoms with Crippen LogP contribution in [0.25, 0.3) is 0 Å². The Balaban J connectivity index is 3.15. The maximum Gasteiger partial charge on any atom is 0.189 e. The third kappa shape index (κ3) is 11.0. The van der Waals surface area contributed by atoms with Crippen molar-refractivity contribution in [2.75, 3.05) is 24.7 Å². The molecule has 0 radical (unpaired) electrons. The molecule has 0 bridgehead atoms. The monoisotopic (exact) mass is 270 g/mol. The molecule has 0 saturated heterocycles. The first-order valence-corrected chi connectivity index (χ1v) is 8.33. The van der Waals surface area contributed by atoms with Gasteiger partial charge in [0.15, 0.2) is 12.5 Å². The molecule has 2 atom stereocenters. The fourth-order valence-electron chi connectivity index (χ4n) is 1.12. The maximum absolute atomic E-state index is 5.35. The number of ether oxygens (including phenoxy) is 2. The minimum absolute atomic E-state index is 0.141. The minimum Gasteiger partial charge on any atom is -0.332 e. The summed E-state index contributed by atoms with van der Waals surface area (Å²) in [5, 5.41) is 0. The Bertz CT molecular complexity index is 137. The van der Waals surface area contributed by atoms with Crippen molar-refractivity contribution in [2.45, 2.75) is 39.1 Å². The molecule has 2 unspecified atom stereocenters. The summed E-state index contributed by atoms with van der Waals surface area (Å²) >= 11 is 0. The second-order valence-electron chi connectivity index (χ2n) is 3.38. The van der Waals surface area contributed by atoms with Crippen LogP contribution >= 0.6 is 21.6 Å². The van der Waals surface area contributed by atoms with E-state index in [1.54, 1.807) is 0 Å². The predicted octanol–water partition coefficient (Wildman–Crippen LogP) is 0.357. The largest absolute Gasteiger partial charge is 0.332 e. The van der Waals surface area contributed by atoms with Crippen molar-refractivity contribution in [1.82, 2.24) is 0 Å². The highest BCUT2D eigenvalue weighted by Crippen LogP contribution is 2.23. The van der Waals surface area contributed by atoms with Crippen LogP contribution in [0.1, 0.15) is 26.7 Å². The van der Waals surface area contributed by atoms with E-state index in [0.29, 0.717) is 0 Å². The Morgan fingerprint density at radius 2 is 1.25 bits per heavy atom. The summed E-state index contributed by atoms with van der Waals surface area (Å²) in [4.78, 5) is 0. The highest BCUT2D eigenvalue weighted by atomic mass is 33.1. The van der Waals surface area contributed by atoms with Crippen LogP contribution in [0.3, 0.4) is 0 Å². The van der Waals surface area contributed by atoms with Crippen LogP contribution in [0, 0.1) is 0 Å². The molecular weight excluding hydrogens is 244 g/mol. The number of quaternary nitrogens is 2. The van der Waals surface area contributed by atoms with E-state index in [1.165, 1.54) is 0 Å². The summed E-state index contributed by atoms with van der Waals surface area (Å²) < 4.78 is 10.7. The molecule has 4 nitrogen and oxygen atoms in total. The molecule has 0 aromatic carbocycles. The van der Waals surface area contributed by atoms with Crippen molar-refractivity contribution in [2.24, 2.45) is 0 Å². The van der Waals surface area contributed by atoms with Crippen LogP contribution in [-0.2, 0) is 9.47 Å². The van der Waals surface area contributed by atoms with Crippen LogP contribution in [0.2, 0.25) is 0 Å². The average molecular weight is 270 g/mol. The fourth-order valence-corrected chi connectivity index (χ4v) is 3.35. The molecule has 0 rings (SSSR count). The zero-order valence-corrected chi connectivity index (χ0v) is 12.1. The topological polar surface area (TPSA) is 73.7 Å². The van der Waals surface area contributed by atoms with Gasteiger partial charge in [0.25, 0.3) is 0 Å². The summed E-state index contributed by atoms with van der Waals surface area (Å²) in [5.74, 6) is 2.19. The van der Waals surface area contributed by atoms with Gasteiger partial charge in [0.05, 0.1) is 13.2 Å². The SMILES string of the molecule is CCOC([NH3+])CCSSCCC([NH3+])OCC. The average Bonchev–Trinajstić information content (AvgIpc) is 2.24. The maximum atomic E-state index is 5.35. The first-order valence-electron chi connectivity index (χ1n) is 5.84. The second-order valence-corrected chi connectivity index (χ2v) is 6.08.